The minimum Gasteiger partial charge on any atom is -0.300 e. The first-order chi connectivity index (χ1) is 4.89. The van der Waals surface area contributed by atoms with Crippen molar-refractivity contribution < 1.29 is 4.79 Å². The van der Waals surface area contributed by atoms with Crippen LogP contribution in [0.3, 0.4) is 0 Å². The van der Waals surface area contributed by atoms with Gasteiger partial charge in [-0.1, -0.05) is 12.2 Å². The first-order valence-corrected chi connectivity index (χ1v) is 4.06. The highest BCUT2D eigenvalue weighted by Crippen LogP contribution is 2.08. The van der Waals surface area contributed by atoms with Gasteiger partial charge in [0.1, 0.15) is 5.78 Å². The van der Waals surface area contributed by atoms with Crippen LogP contribution in [0.4, 0.5) is 0 Å². The van der Waals surface area contributed by atoms with Gasteiger partial charge in [0.05, 0.1) is 0 Å². The lowest BCUT2D eigenvalue weighted by Crippen LogP contribution is -1.95. The third kappa shape index (κ3) is 2.81. The van der Waals surface area contributed by atoms with Crippen LogP contribution in [0.5, 0.6) is 0 Å². The largest absolute Gasteiger partial charge is 0.300 e. The van der Waals surface area contributed by atoms with Crippen LogP contribution in [-0.4, -0.2) is 5.78 Å². The molecule has 56 valence electrons. The molecule has 0 bridgehead atoms. The van der Waals surface area contributed by atoms with E-state index in [4.69, 9.17) is 0 Å². The number of carbonyl (C=O) groups is 1. The molecule has 0 aromatic rings. The molecule has 0 aromatic carbocycles. The molecular formula is C9H14O. The molecule has 0 aliphatic heterocycles. The Hall–Kier alpha value is -0.590. The SMILES string of the molecule is O=C1CCC/C=C/CCC1. The van der Waals surface area contributed by atoms with Gasteiger partial charge in [0.25, 0.3) is 0 Å². The molecule has 0 unspecified atom stereocenters. The van der Waals surface area contributed by atoms with E-state index in [2.05, 4.69) is 12.2 Å². The Labute approximate surface area is 62.1 Å². The topological polar surface area (TPSA) is 17.1 Å². The van der Waals surface area contributed by atoms with Crippen molar-refractivity contribution in [3.05, 3.63) is 12.2 Å². The van der Waals surface area contributed by atoms with Gasteiger partial charge < -0.3 is 0 Å². The van der Waals surface area contributed by atoms with Crippen molar-refractivity contribution in [3.63, 3.8) is 0 Å². The van der Waals surface area contributed by atoms with Crippen LogP contribution >= 0.6 is 0 Å². The molecule has 0 atom stereocenters. The second kappa shape index (κ2) is 4.26. The maximum Gasteiger partial charge on any atom is 0.132 e. The summed E-state index contributed by atoms with van der Waals surface area (Å²) in [7, 11) is 0. The average Bonchev–Trinajstić information content (AvgIpc) is 2.02. The molecule has 1 nitrogen and oxygen atoms in total. The Morgan fingerprint density at radius 1 is 1.00 bits per heavy atom. The number of hydrogen-bond donors (Lipinski definition) is 0. The zero-order valence-electron chi connectivity index (χ0n) is 6.31. The van der Waals surface area contributed by atoms with E-state index in [-0.39, 0.29) is 0 Å². The zero-order chi connectivity index (χ0) is 7.23. The number of carbonyl (C=O) groups excluding carboxylic acids is 1. The Morgan fingerprint density at radius 3 is 2.00 bits per heavy atom. The quantitative estimate of drug-likeness (QED) is 0.470. The van der Waals surface area contributed by atoms with E-state index in [1.54, 1.807) is 0 Å². The fraction of sp³-hybridized carbons (Fsp3) is 0.667. The molecule has 0 radical (unpaired) electrons. The molecule has 0 N–H and O–H groups in total. The highest BCUT2D eigenvalue weighted by atomic mass is 16.1. The van der Waals surface area contributed by atoms with Crippen LogP contribution in [0.15, 0.2) is 12.2 Å². The second-order valence-corrected chi connectivity index (χ2v) is 2.79. The van der Waals surface area contributed by atoms with E-state index in [9.17, 15) is 4.79 Å². The maximum absolute atomic E-state index is 11.0. The highest BCUT2D eigenvalue weighted by Gasteiger charge is 2.01. The molecule has 0 saturated heterocycles. The molecule has 10 heavy (non-hydrogen) atoms. The molecule has 0 aromatic heterocycles. The molecule has 1 rings (SSSR count). The van der Waals surface area contributed by atoms with Crippen molar-refractivity contribution >= 4 is 5.78 Å². The lowest BCUT2D eigenvalue weighted by molar-refractivity contribution is -0.119. The second-order valence-electron chi connectivity index (χ2n) is 2.79. The van der Waals surface area contributed by atoms with E-state index < -0.39 is 0 Å². The minimum absolute atomic E-state index is 0.448. The Bertz CT molecular complexity index is 122. The molecule has 1 aliphatic rings. The molecular weight excluding hydrogens is 124 g/mol. The van der Waals surface area contributed by atoms with Crippen molar-refractivity contribution in [1.82, 2.24) is 0 Å². The highest BCUT2D eigenvalue weighted by molar-refractivity contribution is 5.78. The third-order valence-electron chi connectivity index (χ3n) is 1.82. The summed E-state index contributed by atoms with van der Waals surface area (Å²) in [5.74, 6) is 0.448. The van der Waals surface area contributed by atoms with E-state index in [0.717, 1.165) is 38.5 Å². The number of ketones is 1. The monoisotopic (exact) mass is 138 g/mol. The summed E-state index contributed by atoms with van der Waals surface area (Å²) < 4.78 is 0. The summed E-state index contributed by atoms with van der Waals surface area (Å²) >= 11 is 0. The van der Waals surface area contributed by atoms with Gasteiger partial charge in [-0.15, -0.1) is 0 Å². The van der Waals surface area contributed by atoms with Crippen molar-refractivity contribution in [3.8, 4) is 0 Å². The van der Waals surface area contributed by atoms with Crippen LogP contribution < -0.4 is 0 Å². The summed E-state index contributed by atoms with van der Waals surface area (Å²) in [5.41, 5.74) is 0. The van der Waals surface area contributed by atoms with Gasteiger partial charge in [-0.25, -0.2) is 0 Å². The number of hydrogen-bond acceptors (Lipinski definition) is 1. The molecule has 0 fully saturated rings. The fourth-order valence-electron chi connectivity index (χ4n) is 1.19. The predicted molar refractivity (Wildman–Crippen MR) is 41.8 cm³/mol. The van der Waals surface area contributed by atoms with Crippen LogP contribution in [0.2, 0.25) is 0 Å². The molecule has 0 heterocycles. The van der Waals surface area contributed by atoms with E-state index in [1.807, 2.05) is 0 Å². The zero-order valence-corrected chi connectivity index (χ0v) is 6.31. The molecule has 0 amide bonds. The smallest absolute Gasteiger partial charge is 0.132 e. The normalized spacial score (nSPS) is 24.6. The van der Waals surface area contributed by atoms with Gasteiger partial charge >= 0.3 is 0 Å². The van der Waals surface area contributed by atoms with Gasteiger partial charge in [0.15, 0.2) is 0 Å². The van der Waals surface area contributed by atoms with Crippen molar-refractivity contribution in [2.75, 3.05) is 0 Å². The van der Waals surface area contributed by atoms with Crippen molar-refractivity contribution in [2.24, 2.45) is 0 Å². The van der Waals surface area contributed by atoms with Crippen molar-refractivity contribution in [1.29, 1.82) is 0 Å². The van der Waals surface area contributed by atoms with Gasteiger partial charge in [-0.2, -0.15) is 0 Å². The predicted octanol–water partition coefficient (Wildman–Crippen LogP) is 2.47. The molecule has 1 heteroatoms. The fourth-order valence-corrected chi connectivity index (χ4v) is 1.19. The summed E-state index contributed by atoms with van der Waals surface area (Å²) in [4.78, 5) is 11.0. The summed E-state index contributed by atoms with van der Waals surface area (Å²) in [6, 6.07) is 0. The van der Waals surface area contributed by atoms with E-state index in [1.165, 1.54) is 0 Å². The summed E-state index contributed by atoms with van der Waals surface area (Å²) in [6.45, 7) is 0. The van der Waals surface area contributed by atoms with Gasteiger partial charge in [-0.3, -0.25) is 4.79 Å². The number of allylic oxidation sites excluding steroid dienone is 2. The minimum atomic E-state index is 0.448. The lowest BCUT2D eigenvalue weighted by Gasteiger charge is -1.94. The molecule has 1 aliphatic carbocycles. The van der Waals surface area contributed by atoms with Gasteiger partial charge in [0.2, 0.25) is 0 Å². The number of rotatable bonds is 0. The Morgan fingerprint density at radius 2 is 1.50 bits per heavy atom. The number of Topliss-reactive ketones (excluding diaryl/α,β-unsaturated/α-hetero) is 1. The summed E-state index contributed by atoms with van der Waals surface area (Å²) in [5, 5.41) is 0. The average molecular weight is 138 g/mol. The Kier molecular flexibility index (Phi) is 3.20. The maximum atomic E-state index is 11.0. The standard InChI is InChI=1S/C9H14O/c10-9-7-5-3-1-2-4-6-8-9/h1-2H,3-8H2/b2-1+. The van der Waals surface area contributed by atoms with Crippen molar-refractivity contribution in [2.45, 2.75) is 38.5 Å². The van der Waals surface area contributed by atoms with Crippen LogP contribution in [-0.2, 0) is 4.79 Å². The van der Waals surface area contributed by atoms with E-state index in [0.29, 0.717) is 5.78 Å². The van der Waals surface area contributed by atoms with Gasteiger partial charge in [-0.05, 0) is 25.7 Å². The summed E-state index contributed by atoms with van der Waals surface area (Å²) in [6.07, 6.45) is 10.3. The van der Waals surface area contributed by atoms with Crippen LogP contribution in [0.1, 0.15) is 38.5 Å². The third-order valence-corrected chi connectivity index (χ3v) is 1.82. The first-order valence-electron chi connectivity index (χ1n) is 4.06. The van der Waals surface area contributed by atoms with Crippen LogP contribution in [0.25, 0.3) is 0 Å². The molecule has 0 spiro atoms. The van der Waals surface area contributed by atoms with E-state index >= 15 is 0 Å². The van der Waals surface area contributed by atoms with Crippen LogP contribution in [0, 0.1) is 0 Å². The first kappa shape index (κ1) is 7.52. The lowest BCUT2D eigenvalue weighted by atomic mass is 10.1. The van der Waals surface area contributed by atoms with Gasteiger partial charge in [0, 0.05) is 12.8 Å². The molecule has 0 saturated carbocycles. The Balaban J connectivity index is 2.31.